The largest absolute Gasteiger partial charge is 0.481 e. The van der Waals surface area contributed by atoms with Crippen molar-refractivity contribution in [2.24, 2.45) is 5.73 Å². The van der Waals surface area contributed by atoms with Gasteiger partial charge in [-0.3, -0.25) is 4.79 Å². The van der Waals surface area contributed by atoms with Crippen molar-refractivity contribution in [1.29, 1.82) is 0 Å². The highest BCUT2D eigenvalue weighted by Crippen LogP contribution is 2.28. The van der Waals surface area contributed by atoms with Gasteiger partial charge >= 0.3 is 5.97 Å². The Morgan fingerprint density at radius 1 is 1.10 bits per heavy atom. The Morgan fingerprint density at radius 3 is 2.40 bits per heavy atom. The molecule has 0 aliphatic heterocycles. The summed E-state index contributed by atoms with van der Waals surface area (Å²) in [4.78, 5) is 10.6. The first-order valence-corrected chi connectivity index (χ1v) is 6.00. The maximum Gasteiger partial charge on any atom is 0.305 e. The lowest BCUT2D eigenvalue weighted by Gasteiger charge is -2.12. The molecule has 0 bridgehead atoms. The van der Waals surface area contributed by atoms with E-state index in [1.807, 2.05) is 0 Å². The summed E-state index contributed by atoms with van der Waals surface area (Å²) in [5, 5.41) is 8.72. The van der Waals surface area contributed by atoms with E-state index in [1.165, 1.54) is 36.4 Å². The first kappa shape index (κ1) is 14.1. The van der Waals surface area contributed by atoms with Gasteiger partial charge in [-0.2, -0.15) is 0 Å². The lowest BCUT2D eigenvalue weighted by Crippen LogP contribution is -2.15. The van der Waals surface area contributed by atoms with Crippen LogP contribution in [-0.2, 0) is 4.79 Å². The van der Waals surface area contributed by atoms with Gasteiger partial charge < -0.3 is 10.8 Å². The van der Waals surface area contributed by atoms with Gasteiger partial charge in [-0.1, -0.05) is 24.3 Å². The second kappa shape index (κ2) is 5.79. The predicted molar refractivity (Wildman–Crippen MR) is 71.0 cm³/mol. The van der Waals surface area contributed by atoms with Crippen molar-refractivity contribution in [3.63, 3.8) is 0 Å². The summed E-state index contributed by atoms with van der Waals surface area (Å²) < 4.78 is 27.5. The maximum atomic E-state index is 13.8. The summed E-state index contributed by atoms with van der Waals surface area (Å²) in [5.41, 5.74) is 6.38. The third-order valence-electron chi connectivity index (χ3n) is 2.98. The maximum absolute atomic E-state index is 13.8. The Bertz CT molecular complexity index is 644. The van der Waals surface area contributed by atoms with E-state index in [4.69, 9.17) is 10.8 Å². The van der Waals surface area contributed by atoms with Crippen LogP contribution < -0.4 is 5.73 Å². The lowest BCUT2D eigenvalue weighted by molar-refractivity contribution is -0.137. The van der Waals surface area contributed by atoms with Crippen molar-refractivity contribution < 1.29 is 18.7 Å². The topological polar surface area (TPSA) is 63.3 Å². The molecule has 20 heavy (non-hydrogen) atoms. The van der Waals surface area contributed by atoms with Crippen LogP contribution in [0.2, 0.25) is 0 Å². The summed E-state index contributed by atoms with van der Waals surface area (Å²) in [5.74, 6) is -2.18. The molecule has 3 N–H and O–H groups in total. The predicted octanol–water partition coefficient (Wildman–Crippen LogP) is 3.11. The molecule has 0 radical (unpaired) electrons. The number of nitrogens with two attached hydrogens (primary N) is 1. The molecule has 0 spiro atoms. The van der Waals surface area contributed by atoms with E-state index in [1.54, 1.807) is 6.07 Å². The van der Waals surface area contributed by atoms with Gasteiger partial charge in [0.2, 0.25) is 0 Å². The minimum atomic E-state index is -1.05. The summed E-state index contributed by atoms with van der Waals surface area (Å²) in [7, 11) is 0. The normalized spacial score (nSPS) is 12.2. The smallest absolute Gasteiger partial charge is 0.305 e. The number of halogens is 2. The van der Waals surface area contributed by atoms with Gasteiger partial charge in [-0.05, 0) is 23.8 Å². The van der Waals surface area contributed by atoms with Crippen molar-refractivity contribution in [2.75, 3.05) is 0 Å². The number of carbonyl (C=O) groups is 1. The lowest BCUT2D eigenvalue weighted by atomic mass is 9.97. The van der Waals surface area contributed by atoms with Crippen LogP contribution in [-0.4, -0.2) is 11.1 Å². The average molecular weight is 277 g/mol. The quantitative estimate of drug-likeness (QED) is 0.902. The first-order chi connectivity index (χ1) is 9.49. The highest BCUT2D eigenvalue weighted by molar-refractivity contribution is 5.69. The molecule has 3 nitrogen and oxygen atoms in total. The first-order valence-electron chi connectivity index (χ1n) is 6.00. The van der Waals surface area contributed by atoms with Crippen LogP contribution >= 0.6 is 0 Å². The molecule has 0 aliphatic carbocycles. The van der Waals surface area contributed by atoms with E-state index in [2.05, 4.69) is 0 Å². The molecular formula is C15H13F2NO2. The van der Waals surface area contributed by atoms with Crippen molar-refractivity contribution in [3.05, 3.63) is 59.7 Å². The fraction of sp³-hybridized carbons (Fsp3) is 0.133. The second-order valence-corrected chi connectivity index (χ2v) is 4.42. The molecule has 0 aliphatic rings. The zero-order valence-corrected chi connectivity index (χ0v) is 10.5. The number of hydrogen-bond donors (Lipinski definition) is 2. The van der Waals surface area contributed by atoms with Gasteiger partial charge in [0.1, 0.15) is 11.6 Å². The number of carboxylic acids is 1. The third-order valence-corrected chi connectivity index (χ3v) is 2.98. The molecular weight excluding hydrogens is 264 g/mol. The standard InChI is InChI=1S/C15H13F2NO2/c16-12-4-2-1-3-10(12)11-7-9(5-6-13(11)17)14(18)8-15(19)20/h1-7,14H,8,18H2,(H,19,20). The Labute approximate surface area is 114 Å². The van der Waals surface area contributed by atoms with Crippen LogP contribution in [0, 0.1) is 11.6 Å². The van der Waals surface area contributed by atoms with Crippen LogP contribution in [0.4, 0.5) is 8.78 Å². The summed E-state index contributed by atoms with van der Waals surface area (Å²) in [6.45, 7) is 0. The van der Waals surface area contributed by atoms with Crippen molar-refractivity contribution in [2.45, 2.75) is 12.5 Å². The molecule has 1 unspecified atom stereocenters. The molecule has 2 aromatic rings. The van der Waals surface area contributed by atoms with Gasteiger partial charge in [-0.15, -0.1) is 0 Å². The molecule has 0 fully saturated rings. The molecule has 0 amide bonds. The van der Waals surface area contributed by atoms with Crippen LogP contribution in [0.3, 0.4) is 0 Å². The van der Waals surface area contributed by atoms with Gasteiger partial charge in [0.05, 0.1) is 6.42 Å². The number of benzene rings is 2. The van der Waals surface area contributed by atoms with E-state index in [0.29, 0.717) is 5.56 Å². The van der Waals surface area contributed by atoms with Gasteiger partial charge in [-0.25, -0.2) is 8.78 Å². The Kier molecular flexibility index (Phi) is 4.10. The van der Waals surface area contributed by atoms with Gasteiger partial charge in [0.25, 0.3) is 0 Å². The second-order valence-electron chi connectivity index (χ2n) is 4.42. The number of aliphatic carboxylic acids is 1. The fourth-order valence-corrected chi connectivity index (χ4v) is 1.97. The SMILES string of the molecule is NC(CC(=O)O)c1ccc(F)c(-c2ccccc2F)c1. The van der Waals surface area contributed by atoms with Crippen molar-refractivity contribution >= 4 is 5.97 Å². The minimum Gasteiger partial charge on any atom is -0.481 e. The Morgan fingerprint density at radius 2 is 1.75 bits per heavy atom. The van der Waals surface area contributed by atoms with E-state index in [9.17, 15) is 13.6 Å². The molecule has 0 heterocycles. The molecule has 0 saturated carbocycles. The third kappa shape index (κ3) is 3.00. The highest BCUT2D eigenvalue weighted by atomic mass is 19.1. The van der Waals surface area contributed by atoms with Crippen LogP contribution in [0.5, 0.6) is 0 Å². The van der Waals surface area contributed by atoms with Crippen LogP contribution in [0.25, 0.3) is 11.1 Å². The molecule has 2 aromatic carbocycles. The van der Waals surface area contributed by atoms with E-state index < -0.39 is 23.6 Å². The zero-order chi connectivity index (χ0) is 14.7. The van der Waals surface area contributed by atoms with E-state index in [0.717, 1.165) is 0 Å². The molecule has 2 rings (SSSR count). The van der Waals surface area contributed by atoms with Crippen molar-refractivity contribution in [3.8, 4) is 11.1 Å². The Hall–Kier alpha value is -2.27. The minimum absolute atomic E-state index is 0.0708. The number of hydrogen-bond acceptors (Lipinski definition) is 2. The monoisotopic (exact) mass is 277 g/mol. The van der Waals surface area contributed by atoms with E-state index >= 15 is 0 Å². The van der Waals surface area contributed by atoms with Crippen LogP contribution in [0.1, 0.15) is 18.0 Å². The molecule has 104 valence electrons. The van der Waals surface area contributed by atoms with Gasteiger partial charge in [0.15, 0.2) is 0 Å². The summed E-state index contributed by atoms with van der Waals surface area (Å²) in [6, 6.07) is 9.00. The average Bonchev–Trinajstić information content (AvgIpc) is 2.39. The fourth-order valence-electron chi connectivity index (χ4n) is 1.97. The van der Waals surface area contributed by atoms with Gasteiger partial charge in [0, 0.05) is 17.2 Å². The molecule has 0 saturated heterocycles. The number of rotatable bonds is 4. The molecule has 0 aromatic heterocycles. The Balaban J connectivity index is 2.44. The molecule has 1 atom stereocenters. The highest BCUT2D eigenvalue weighted by Gasteiger charge is 2.15. The van der Waals surface area contributed by atoms with Crippen LogP contribution in [0.15, 0.2) is 42.5 Å². The summed E-state index contributed by atoms with van der Waals surface area (Å²) in [6.07, 6.45) is -0.275. The zero-order valence-electron chi connectivity index (χ0n) is 10.5. The van der Waals surface area contributed by atoms with Crippen molar-refractivity contribution in [1.82, 2.24) is 0 Å². The number of carboxylic acid groups (broad SMARTS) is 1. The molecule has 5 heteroatoms. The summed E-state index contributed by atoms with van der Waals surface area (Å²) >= 11 is 0. The van der Waals surface area contributed by atoms with E-state index in [-0.39, 0.29) is 17.5 Å².